The summed E-state index contributed by atoms with van der Waals surface area (Å²) in [6.07, 6.45) is 0.513. The van der Waals surface area contributed by atoms with Crippen LogP contribution in [0.25, 0.3) is 28.7 Å². The van der Waals surface area contributed by atoms with E-state index in [-0.39, 0.29) is 12.3 Å². The molecule has 0 bridgehead atoms. The van der Waals surface area contributed by atoms with Gasteiger partial charge in [0.1, 0.15) is 0 Å². The van der Waals surface area contributed by atoms with E-state index >= 15 is 0 Å². The Labute approximate surface area is 208 Å². The Bertz CT molecular complexity index is 1180. The van der Waals surface area contributed by atoms with Crippen molar-refractivity contribution >= 4 is 35.2 Å². The Hall–Kier alpha value is -2.77. The summed E-state index contributed by atoms with van der Waals surface area (Å²) in [7, 11) is 0. The van der Waals surface area contributed by atoms with Crippen molar-refractivity contribution < 1.29 is 20.1 Å². The summed E-state index contributed by atoms with van der Waals surface area (Å²) in [5.41, 5.74) is 3.73. The van der Waals surface area contributed by atoms with Crippen LogP contribution in [0.1, 0.15) is 43.9 Å². The zero-order valence-corrected chi connectivity index (χ0v) is 20.3. The average molecular weight is 501 g/mol. The van der Waals surface area contributed by atoms with Crippen LogP contribution < -0.4 is 0 Å². The normalized spacial score (nSPS) is 13.4. The molecule has 0 aliphatic rings. The van der Waals surface area contributed by atoms with E-state index in [9.17, 15) is 15.0 Å². The maximum absolute atomic E-state index is 10.8. The third-order valence-corrected chi connectivity index (χ3v) is 5.62. The van der Waals surface area contributed by atoms with Crippen LogP contribution in [0.4, 0.5) is 0 Å². The van der Waals surface area contributed by atoms with Gasteiger partial charge < -0.3 is 15.3 Å². The van der Waals surface area contributed by atoms with Gasteiger partial charge in [0.2, 0.25) is 0 Å². The lowest BCUT2D eigenvalue weighted by Gasteiger charge is -2.17. The summed E-state index contributed by atoms with van der Waals surface area (Å²) in [4.78, 5) is 20.4. The average Bonchev–Trinajstić information content (AvgIpc) is 2.77. The molecule has 3 rings (SSSR count). The number of nitrogens with zero attached hydrogens (tertiary/aromatic N) is 2. The molecule has 0 aliphatic carbocycles. The molecule has 0 fully saturated rings. The molecule has 178 valence electrons. The fraction of sp³-hybridized carbons (Fsp3) is 0.269. The van der Waals surface area contributed by atoms with Gasteiger partial charge in [-0.25, -0.2) is 9.97 Å². The van der Waals surface area contributed by atoms with Crippen LogP contribution in [0, 0.1) is 0 Å². The SMILES string of the molecule is CC(C)c1nc(-c2cccc(Cl)c2)nc(-c2ccc(Cl)cc2)c1/C=C/C(O)CC(O)CC(=O)O. The number of halogens is 2. The molecule has 2 unspecified atom stereocenters. The van der Waals surface area contributed by atoms with Crippen LogP contribution in [0.3, 0.4) is 0 Å². The molecule has 3 N–H and O–H groups in total. The summed E-state index contributed by atoms with van der Waals surface area (Å²) in [5.74, 6) is -0.576. The van der Waals surface area contributed by atoms with Crippen molar-refractivity contribution in [2.75, 3.05) is 0 Å². The minimum atomic E-state index is -1.15. The van der Waals surface area contributed by atoms with Crippen molar-refractivity contribution in [2.45, 2.75) is 44.8 Å². The van der Waals surface area contributed by atoms with Crippen molar-refractivity contribution in [1.29, 1.82) is 0 Å². The number of aliphatic hydroxyl groups is 2. The third kappa shape index (κ3) is 6.87. The monoisotopic (exact) mass is 500 g/mol. The lowest BCUT2D eigenvalue weighted by Crippen LogP contribution is -2.19. The number of aliphatic hydroxyl groups excluding tert-OH is 2. The van der Waals surface area contributed by atoms with Gasteiger partial charge in [0.05, 0.1) is 30.0 Å². The molecule has 0 aliphatic heterocycles. The lowest BCUT2D eigenvalue weighted by atomic mass is 9.96. The van der Waals surface area contributed by atoms with E-state index in [0.717, 1.165) is 22.4 Å². The first kappa shape index (κ1) is 25.8. The van der Waals surface area contributed by atoms with Crippen molar-refractivity contribution in [3.63, 3.8) is 0 Å². The predicted molar refractivity (Wildman–Crippen MR) is 135 cm³/mol. The van der Waals surface area contributed by atoms with Crippen molar-refractivity contribution in [2.24, 2.45) is 0 Å². The Morgan fingerprint density at radius 1 is 1.00 bits per heavy atom. The van der Waals surface area contributed by atoms with Gasteiger partial charge in [-0.2, -0.15) is 0 Å². The van der Waals surface area contributed by atoms with E-state index in [0.29, 0.717) is 21.6 Å². The standard InChI is InChI=1S/C26H26Cl2N2O4/c1-15(2)24-22(11-10-20(31)13-21(32)14-23(33)34)25(16-6-8-18(27)9-7-16)30-26(29-24)17-4-3-5-19(28)12-17/h3-12,15,20-21,31-32H,13-14H2,1-2H3,(H,33,34)/b11-10+. The maximum Gasteiger partial charge on any atom is 0.305 e. The quantitative estimate of drug-likeness (QED) is 0.340. The molecule has 2 aromatic carbocycles. The number of benzene rings is 2. The Morgan fingerprint density at radius 2 is 1.71 bits per heavy atom. The highest BCUT2D eigenvalue weighted by Crippen LogP contribution is 2.33. The van der Waals surface area contributed by atoms with E-state index in [1.165, 1.54) is 6.08 Å². The zero-order chi connectivity index (χ0) is 24.8. The number of carboxylic acids is 1. The molecule has 0 radical (unpaired) electrons. The fourth-order valence-electron chi connectivity index (χ4n) is 3.53. The van der Waals surface area contributed by atoms with Gasteiger partial charge >= 0.3 is 5.97 Å². The van der Waals surface area contributed by atoms with Crippen LogP contribution >= 0.6 is 23.2 Å². The van der Waals surface area contributed by atoms with E-state index in [1.807, 2.05) is 38.1 Å². The van der Waals surface area contributed by atoms with Crippen molar-refractivity contribution in [1.82, 2.24) is 9.97 Å². The molecule has 0 spiro atoms. The number of carboxylic acid groups (broad SMARTS) is 1. The number of rotatable bonds is 9. The van der Waals surface area contributed by atoms with Crippen LogP contribution in [-0.2, 0) is 4.79 Å². The second kappa shape index (κ2) is 11.6. The van der Waals surface area contributed by atoms with Crippen molar-refractivity contribution in [3.8, 4) is 22.6 Å². The van der Waals surface area contributed by atoms with E-state index in [2.05, 4.69) is 0 Å². The van der Waals surface area contributed by atoms with Crippen LogP contribution in [0.5, 0.6) is 0 Å². The third-order valence-electron chi connectivity index (χ3n) is 5.13. The van der Waals surface area contributed by atoms with Crippen molar-refractivity contribution in [3.05, 3.63) is 75.9 Å². The zero-order valence-electron chi connectivity index (χ0n) is 18.8. The molecular weight excluding hydrogens is 475 g/mol. The van der Waals surface area contributed by atoms with E-state index in [1.54, 1.807) is 30.3 Å². The molecule has 0 amide bonds. The topological polar surface area (TPSA) is 104 Å². The Balaban J connectivity index is 2.11. The molecule has 0 saturated heterocycles. The first-order chi connectivity index (χ1) is 16.1. The Kier molecular flexibility index (Phi) is 8.80. The second-order valence-electron chi connectivity index (χ2n) is 8.28. The summed E-state index contributed by atoms with van der Waals surface area (Å²) < 4.78 is 0. The fourth-order valence-corrected chi connectivity index (χ4v) is 3.84. The summed E-state index contributed by atoms with van der Waals surface area (Å²) in [6.45, 7) is 4.03. The molecule has 3 aromatic rings. The molecular formula is C26H26Cl2N2O4. The first-order valence-corrected chi connectivity index (χ1v) is 11.6. The van der Waals surface area contributed by atoms with E-state index < -0.39 is 24.6 Å². The number of aliphatic carboxylic acids is 1. The highest BCUT2D eigenvalue weighted by Gasteiger charge is 2.19. The van der Waals surface area contributed by atoms with Crippen LogP contribution in [0.15, 0.2) is 54.6 Å². The number of carbonyl (C=O) groups is 1. The predicted octanol–water partition coefficient (Wildman–Crippen LogP) is 5.84. The molecule has 6 nitrogen and oxygen atoms in total. The summed E-state index contributed by atoms with van der Waals surface area (Å²) in [6, 6.07) is 14.6. The van der Waals surface area contributed by atoms with Gasteiger partial charge in [0.25, 0.3) is 0 Å². The van der Waals surface area contributed by atoms with Gasteiger partial charge in [-0.15, -0.1) is 0 Å². The number of hydrogen-bond donors (Lipinski definition) is 3. The maximum atomic E-state index is 10.8. The van der Waals surface area contributed by atoms with Gasteiger partial charge in [0.15, 0.2) is 5.82 Å². The minimum Gasteiger partial charge on any atom is -0.481 e. The highest BCUT2D eigenvalue weighted by atomic mass is 35.5. The molecule has 0 saturated carbocycles. The Morgan fingerprint density at radius 3 is 2.32 bits per heavy atom. The van der Waals surface area contributed by atoms with Gasteiger partial charge in [-0.3, -0.25) is 4.79 Å². The summed E-state index contributed by atoms with van der Waals surface area (Å²) >= 11 is 12.3. The number of hydrogen-bond acceptors (Lipinski definition) is 5. The highest BCUT2D eigenvalue weighted by molar-refractivity contribution is 6.31. The largest absolute Gasteiger partial charge is 0.481 e. The lowest BCUT2D eigenvalue weighted by molar-refractivity contribution is -0.139. The molecule has 2 atom stereocenters. The van der Waals surface area contributed by atoms with Gasteiger partial charge in [-0.1, -0.05) is 73.5 Å². The molecule has 8 heteroatoms. The molecule has 1 heterocycles. The first-order valence-electron chi connectivity index (χ1n) is 10.8. The van der Waals surface area contributed by atoms with E-state index in [4.69, 9.17) is 38.3 Å². The van der Waals surface area contributed by atoms with Gasteiger partial charge in [0, 0.05) is 33.2 Å². The smallest absolute Gasteiger partial charge is 0.305 e. The number of aromatic nitrogens is 2. The van der Waals surface area contributed by atoms with Crippen LogP contribution in [0.2, 0.25) is 10.0 Å². The molecule has 1 aromatic heterocycles. The molecule has 34 heavy (non-hydrogen) atoms. The minimum absolute atomic E-state index is 0.0291. The second-order valence-corrected chi connectivity index (χ2v) is 9.15. The van der Waals surface area contributed by atoms with Gasteiger partial charge in [-0.05, 0) is 30.2 Å². The summed E-state index contributed by atoms with van der Waals surface area (Å²) in [5, 5.41) is 30.2. The van der Waals surface area contributed by atoms with Crippen LogP contribution in [-0.4, -0.2) is 43.5 Å².